The Balaban J connectivity index is 1.33. The number of nitrogens with one attached hydrogen (secondary N) is 2. The average Bonchev–Trinajstić information content (AvgIpc) is 3.55. The highest BCUT2D eigenvalue weighted by atomic mass is 32.1. The Bertz CT molecular complexity index is 1400. The Kier molecular flexibility index (Phi) is 8.65. The number of para-hydroxylation sites is 1. The topological polar surface area (TPSA) is 73.5 Å². The number of fused-ring (bicyclic) bond motifs is 1. The van der Waals surface area contributed by atoms with Crippen molar-refractivity contribution in [2.45, 2.75) is 19.9 Å². The number of benzene rings is 2. The summed E-state index contributed by atoms with van der Waals surface area (Å²) in [7, 11) is 1.76. The molecule has 2 aromatic carbocycles. The fourth-order valence-corrected chi connectivity index (χ4v) is 5.70. The van der Waals surface area contributed by atoms with Crippen LogP contribution in [0, 0.1) is 6.92 Å². The molecule has 0 aliphatic carbocycles. The molecule has 8 heteroatoms. The number of aromatic amines is 1. The largest absolute Gasteiger partial charge is 0.385 e. The van der Waals surface area contributed by atoms with Gasteiger partial charge in [-0.25, -0.2) is 0 Å². The number of ether oxygens (including phenoxy) is 1. The van der Waals surface area contributed by atoms with Crippen LogP contribution in [-0.2, 0) is 11.3 Å². The van der Waals surface area contributed by atoms with Crippen molar-refractivity contribution in [3.63, 3.8) is 0 Å². The third kappa shape index (κ3) is 6.39. The summed E-state index contributed by atoms with van der Waals surface area (Å²) in [6.45, 7) is 8.96. The average molecular weight is 530 g/mol. The van der Waals surface area contributed by atoms with Crippen LogP contribution in [-0.4, -0.2) is 72.3 Å². The lowest BCUT2D eigenvalue weighted by atomic mass is 10.1. The molecule has 4 aromatic rings. The van der Waals surface area contributed by atoms with Crippen LogP contribution >= 0.6 is 11.3 Å². The van der Waals surface area contributed by atoms with E-state index in [1.807, 2.05) is 48.7 Å². The SMILES string of the molecule is COCCCN1CCN(Cc2ccc(C=Cc3n[nH]c4ccccc34)c(NC(=O)c3sccc3C)c2)CC1. The van der Waals surface area contributed by atoms with Crippen molar-refractivity contribution < 1.29 is 9.53 Å². The summed E-state index contributed by atoms with van der Waals surface area (Å²) in [6, 6.07) is 16.4. The second kappa shape index (κ2) is 12.5. The lowest BCUT2D eigenvalue weighted by Crippen LogP contribution is -2.46. The van der Waals surface area contributed by atoms with Gasteiger partial charge in [-0.15, -0.1) is 11.3 Å². The van der Waals surface area contributed by atoms with Crippen molar-refractivity contribution in [3.8, 4) is 0 Å². The summed E-state index contributed by atoms with van der Waals surface area (Å²) < 4.78 is 5.19. The first-order valence-electron chi connectivity index (χ1n) is 13.1. The number of nitrogens with zero attached hydrogens (tertiary/aromatic N) is 3. The number of anilines is 1. The number of carbonyl (C=O) groups is 1. The molecule has 1 amide bonds. The Morgan fingerprint density at radius 3 is 2.71 bits per heavy atom. The quantitative estimate of drug-likeness (QED) is 0.265. The number of carbonyl (C=O) groups excluding carboxylic acids is 1. The lowest BCUT2D eigenvalue weighted by Gasteiger charge is -2.34. The number of thiophene rings is 1. The molecular formula is C30H35N5O2S. The van der Waals surface area contributed by atoms with Crippen LogP contribution in [0.25, 0.3) is 23.1 Å². The summed E-state index contributed by atoms with van der Waals surface area (Å²) in [5.41, 5.74) is 5.83. The Morgan fingerprint density at radius 2 is 1.92 bits per heavy atom. The second-order valence-corrected chi connectivity index (χ2v) is 10.7. The van der Waals surface area contributed by atoms with Crippen LogP contribution in [0.3, 0.4) is 0 Å². The molecule has 1 aliphatic heterocycles. The van der Waals surface area contributed by atoms with E-state index in [-0.39, 0.29) is 5.91 Å². The summed E-state index contributed by atoms with van der Waals surface area (Å²) in [5, 5.41) is 13.8. The van der Waals surface area contributed by atoms with Crippen molar-refractivity contribution in [2.75, 3.05) is 51.8 Å². The Morgan fingerprint density at radius 1 is 1.11 bits per heavy atom. The van der Waals surface area contributed by atoms with Gasteiger partial charge >= 0.3 is 0 Å². The number of H-pyrrole nitrogens is 1. The van der Waals surface area contributed by atoms with E-state index in [0.29, 0.717) is 0 Å². The molecule has 0 saturated carbocycles. The number of methoxy groups -OCH3 is 1. The zero-order valence-electron chi connectivity index (χ0n) is 22.1. The number of aryl methyl sites for hydroxylation is 1. The van der Waals surface area contributed by atoms with Crippen LogP contribution < -0.4 is 5.32 Å². The van der Waals surface area contributed by atoms with E-state index in [2.05, 4.69) is 49.6 Å². The highest BCUT2D eigenvalue weighted by Crippen LogP contribution is 2.25. The highest BCUT2D eigenvalue weighted by Gasteiger charge is 2.18. The van der Waals surface area contributed by atoms with Gasteiger partial charge in [-0.3, -0.25) is 14.8 Å². The maximum atomic E-state index is 13.1. The van der Waals surface area contributed by atoms with Gasteiger partial charge in [0.05, 0.1) is 16.1 Å². The number of aromatic nitrogens is 2. The summed E-state index contributed by atoms with van der Waals surface area (Å²) >= 11 is 1.47. The van der Waals surface area contributed by atoms with E-state index >= 15 is 0 Å². The molecule has 2 aromatic heterocycles. The maximum absolute atomic E-state index is 13.1. The van der Waals surface area contributed by atoms with E-state index in [1.165, 1.54) is 16.9 Å². The summed E-state index contributed by atoms with van der Waals surface area (Å²) in [4.78, 5) is 18.9. The van der Waals surface area contributed by atoms with Crippen LogP contribution in [0.15, 0.2) is 53.9 Å². The van der Waals surface area contributed by atoms with Crippen molar-refractivity contribution in [2.24, 2.45) is 0 Å². The first-order chi connectivity index (χ1) is 18.6. The fourth-order valence-electron chi connectivity index (χ4n) is 4.88. The van der Waals surface area contributed by atoms with Crippen LogP contribution in [0.1, 0.15) is 38.5 Å². The molecule has 0 bridgehead atoms. The lowest BCUT2D eigenvalue weighted by molar-refractivity contribution is 0.103. The zero-order chi connectivity index (χ0) is 26.3. The minimum absolute atomic E-state index is 0.0702. The molecular weight excluding hydrogens is 494 g/mol. The molecule has 0 unspecified atom stereocenters. The molecule has 7 nitrogen and oxygen atoms in total. The standard InChI is InChI=1S/C30H35N5O2S/c1-22-12-19-38-29(22)30(36)31-28-20-23(21-35-16-14-34(15-17-35)13-5-18-37-2)8-9-24(28)10-11-27-25-6-3-4-7-26(25)32-33-27/h3-4,6-12,19-20H,5,13-18,21H2,1-2H3,(H,31,36)(H,32,33). The molecule has 1 saturated heterocycles. The van der Waals surface area contributed by atoms with Gasteiger partial charge in [-0.2, -0.15) is 5.10 Å². The molecule has 0 atom stereocenters. The van der Waals surface area contributed by atoms with Gasteiger partial charge in [-0.05, 0) is 59.7 Å². The smallest absolute Gasteiger partial charge is 0.266 e. The van der Waals surface area contributed by atoms with Gasteiger partial charge in [0.25, 0.3) is 5.91 Å². The number of hydrogen-bond donors (Lipinski definition) is 2. The van der Waals surface area contributed by atoms with Crippen molar-refractivity contribution in [1.29, 1.82) is 0 Å². The minimum Gasteiger partial charge on any atom is -0.385 e. The minimum atomic E-state index is -0.0702. The summed E-state index contributed by atoms with van der Waals surface area (Å²) in [6.07, 6.45) is 5.11. The molecule has 2 N–H and O–H groups in total. The van der Waals surface area contributed by atoms with Crippen molar-refractivity contribution in [1.82, 2.24) is 20.0 Å². The van der Waals surface area contributed by atoms with Gasteiger partial charge in [0.2, 0.25) is 0 Å². The van der Waals surface area contributed by atoms with E-state index in [4.69, 9.17) is 4.74 Å². The summed E-state index contributed by atoms with van der Waals surface area (Å²) in [5.74, 6) is -0.0702. The molecule has 5 rings (SSSR count). The third-order valence-corrected chi connectivity index (χ3v) is 8.06. The molecule has 1 fully saturated rings. The van der Waals surface area contributed by atoms with Crippen LogP contribution in [0.2, 0.25) is 0 Å². The molecule has 0 radical (unpaired) electrons. The first kappa shape index (κ1) is 26.3. The Labute approximate surface area is 228 Å². The predicted octanol–water partition coefficient (Wildman–Crippen LogP) is 5.51. The van der Waals surface area contributed by atoms with Crippen molar-refractivity contribution >= 4 is 46.0 Å². The van der Waals surface area contributed by atoms with E-state index in [1.54, 1.807) is 7.11 Å². The Hall–Kier alpha value is -3.30. The number of hydrogen-bond acceptors (Lipinski definition) is 6. The van der Waals surface area contributed by atoms with E-state index in [0.717, 1.165) is 90.6 Å². The normalized spacial score (nSPS) is 15.0. The van der Waals surface area contributed by atoms with Gasteiger partial charge in [0.15, 0.2) is 0 Å². The number of amides is 1. The molecule has 38 heavy (non-hydrogen) atoms. The molecule has 198 valence electrons. The van der Waals surface area contributed by atoms with Gasteiger partial charge < -0.3 is 15.0 Å². The molecule has 3 heterocycles. The number of piperazine rings is 1. The maximum Gasteiger partial charge on any atom is 0.266 e. The van der Waals surface area contributed by atoms with Crippen LogP contribution in [0.5, 0.6) is 0 Å². The predicted molar refractivity (Wildman–Crippen MR) is 157 cm³/mol. The van der Waals surface area contributed by atoms with Gasteiger partial charge in [-0.1, -0.05) is 36.4 Å². The zero-order valence-corrected chi connectivity index (χ0v) is 22.9. The number of rotatable bonds is 10. The fraction of sp³-hybridized carbons (Fsp3) is 0.333. The third-order valence-electron chi connectivity index (χ3n) is 7.05. The van der Waals surface area contributed by atoms with Crippen LogP contribution in [0.4, 0.5) is 5.69 Å². The molecule has 1 aliphatic rings. The van der Waals surface area contributed by atoms with E-state index in [9.17, 15) is 4.79 Å². The van der Waals surface area contributed by atoms with E-state index < -0.39 is 0 Å². The first-order valence-corrected chi connectivity index (χ1v) is 14.0. The highest BCUT2D eigenvalue weighted by molar-refractivity contribution is 7.12. The van der Waals surface area contributed by atoms with Gasteiger partial charge in [0, 0.05) is 64.1 Å². The molecule has 0 spiro atoms. The second-order valence-electron chi connectivity index (χ2n) is 9.76. The van der Waals surface area contributed by atoms with Crippen molar-refractivity contribution in [3.05, 3.63) is 81.2 Å². The monoisotopic (exact) mass is 529 g/mol. The van der Waals surface area contributed by atoms with Gasteiger partial charge in [0.1, 0.15) is 0 Å².